The van der Waals surface area contributed by atoms with Gasteiger partial charge in [-0.2, -0.15) is 5.26 Å². The van der Waals surface area contributed by atoms with Crippen molar-refractivity contribution in [3.05, 3.63) is 30.3 Å². The van der Waals surface area contributed by atoms with Crippen LogP contribution in [0.2, 0.25) is 0 Å². The van der Waals surface area contributed by atoms with Crippen LogP contribution >= 0.6 is 0 Å². The Morgan fingerprint density at radius 3 is 2.39 bits per heavy atom. The molecular weight excluding hydrogens is 288 g/mol. The van der Waals surface area contributed by atoms with Gasteiger partial charge in [-0.05, 0) is 50.9 Å². The Balaban J connectivity index is 1.58. The van der Waals surface area contributed by atoms with Crippen LogP contribution in [-0.2, 0) is 0 Å². The third-order valence-electron chi connectivity index (χ3n) is 4.74. The molecule has 0 amide bonds. The second kappa shape index (κ2) is 7.98. The van der Waals surface area contributed by atoms with Crippen LogP contribution in [0, 0.1) is 11.5 Å². The van der Waals surface area contributed by atoms with Crippen LogP contribution in [0.4, 0.5) is 0 Å². The van der Waals surface area contributed by atoms with Gasteiger partial charge in [0.25, 0.3) is 0 Å². The van der Waals surface area contributed by atoms with Crippen molar-refractivity contribution in [3.63, 3.8) is 0 Å². The number of benzene rings is 1. The van der Waals surface area contributed by atoms with Crippen molar-refractivity contribution in [3.8, 4) is 11.9 Å². The second-order valence-corrected chi connectivity index (χ2v) is 6.22. The van der Waals surface area contributed by atoms with Crippen LogP contribution in [0.15, 0.2) is 35.3 Å². The number of nitriles is 1. The number of hydrogen-bond donors (Lipinski definition) is 0. The molecule has 122 valence electrons. The molecule has 23 heavy (non-hydrogen) atoms. The van der Waals surface area contributed by atoms with Gasteiger partial charge < -0.3 is 14.5 Å². The Bertz CT molecular complexity index is 552. The van der Waals surface area contributed by atoms with Crippen LogP contribution in [0.5, 0.6) is 5.75 Å². The van der Waals surface area contributed by atoms with E-state index in [0.29, 0.717) is 12.1 Å². The first-order valence-corrected chi connectivity index (χ1v) is 8.55. The fourth-order valence-electron chi connectivity index (χ4n) is 3.50. The molecule has 2 fully saturated rings. The van der Waals surface area contributed by atoms with E-state index in [2.05, 4.69) is 14.8 Å². The van der Waals surface area contributed by atoms with E-state index in [1.807, 2.05) is 36.5 Å². The van der Waals surface area contributed by atoms with Crippen molar-refractivity contribution in [1.82, 2.24) is 9.80 Å². The van der Waals surface area contributed by atoms with Gasteiger partial charge in [-0.1, -0.05) is 24.6 Å². The molecule has 3 rings (SSSR count). The van der Waals surface area contributed by atoms with E-state index < -0.39 is 0 Å². The van der Waals surface area contributed by atoms with Crippen molar-refractivity contribution >= 4 is 6.02 Å². The van der Waals surface area contributed by atoms with Gasteiger partial charge in [0.2, 0.25) is 6.19 Å². The van der Waals surface area contributed by atoms with Gasteiger partial charge in [0, 0.05) is 19.1 Å². The molecule has 0 unspecified atom stereocenters. The van der Waals surface area contributed by atoms with E-state index >= 15 is 0 Å². The quantitative estimate of drug-likeness (QED) is 0.479. The third-order valence-corrected chi connectivity index (χ3v) is 4.74. The fourth-order valence-corrected chi connectivity index (χ4v) is 3.50. The van der Waals surface area contributed by atoms with Crippen molar-refractivity contribution in [2.75, 3.05) is 26.2 Å². The van der Waals surface area contributed by atoms with Gasteiger partial charge >= 0.3 is 6.02 Å². The summed E-state index contributed by atoms with van der Waals surface area (Å²) in [6, 6.07) is 10.6. The van der Waals surface area contributed by atoms with Gasteiger partial charge in [-0.15, -0.1) is 4.99 Å². The van der Waals surface area contributed by atoms with Crippen molar-refractivity contribution in [1.29, 1.82) is 5.26 Å². The molecule has 2 aliphatic heterocycles. The van der Waals surface area contributed by atoms with E-state index in [1.54, 1.807) is 0 Å². The molecule has 2 heterocycles. The van der Waals surface area contributed by atoms with E-state index in [1.165, 1.54) is 32.4 Å². The summed E-state index contributed by atoms with van der Waals surface area (Å²) in [7, 11) is 0. The van der Waals surface area contributed by atoms with Gasteiger partial charge in [-0.3, -0.25) is 0 Å². The third kappa shape index (κ3) is 4.23. The summed E-state index contributed by atoms with van der Waals surface area (Å²) < 4.78 is 5.81. The van der Waals surface area contributed by atoms with E-state index in [9.17, 15) is 0 Å². The number of likely N-dealkylation sites (tertiary alicyclic amines) is 2. The SMILES string of the molecule is N#C/N=C(\Oc1ccccc1)N1CCC(N2CCCCC2)CC1. The van der Waals surface area contributed by atoms with Crippen molar-refractivity contribution < 1.29 is 4.74 Å². The Morgan fingerprint density at radius 1 is 1.04 bits per heavy atom. The summed E-state index contributed by atoms with van der Waals surface area (Å²) in [5.74, 6) is 0.722. The lowest BCUT2D eigenvalue weighted by atomic mass is 10.0. The summed E-state index contributed by atoms with van der Waals surface area (Å²) in [6.07, 6.45) is 8.14. The molecule has 5 heteroatoms. The average Bonchev–Trinajstić information content (AvgIpc) is 2.63. The molecule has 0 saturated carbocycles. The largest absolute Gasteiger partial charge is 0.425 e. The highest BCUT2D eigenvalue weighted by molar-refractivity contribution is 5.77. The Hall–Kier alpha value is -2.06. The molecule has 1 aromatic rings. The first kappa shape index (κ1) is 15.8. The summed E-state index contributed by atoms with van der Waals surface area (Å²) >= 11 is 0. The molecule has 0 spiro atoms. The van der Waals surface area contributed by atoms with Crippen LogP contribution < -0.4 is 4.74 Å². The summed E-state index contributed by atoms with van der Waals surface area (Å²) in [6.45, 7) is 4.28. The second-order valence-electron chi connectivity index (χ2n) is 6.22. The zero-order chi connectivity index (χ0) is 15.9. The van der Waals surface area contributed by atoms with Gasteiger partial charge in [-0.25, -0.2) is 0 Å². The number of piperidine rings is 2. The molecule has 0 aliphatic carbocycles. The number of para-hydroxylation sites is 1. The number of nitrogens with zero attached hydrogens (tertiary/aromatic N) is 4. The van der Waals surface area contributed by atoms with Gasteiger partial charge in [0.05, 0.1) is 0 Å². The zero-order valence-corrected chi connectivity index (χ0v) is 13.5. The van der Waals surface area contributed by atoms with Gasteiger partial charge in [0.15, 0.2) is 0 Å². The Morgan fingerprint density at radius 2 is 1.74 bits per heavy atom. The molecule has 0 aromatic heterocycles. The monoisotopic (exact) mass is 312 g/mol. The number of rotatable bonds is 2. The Labute approximate surface area is 138 Å². The zero-order valence-electron chi connectivity index (χ0n) is 13.5. The lowest BCUT2D eigenvalue weighted by Crippen LogP contribution is -2.49. The number of amidine groups is 1. The van der Waals surface area contributed by atoms with E-state index in [0.717, 1.165) is 31.7 Å². The molecule has 0 N–H and O–H groups in total. The van der Waals surface area contributed by atoms with Crippen LogP contribution in [-0.4, -0.2) is 48.0 Å². The van der Waals surface area contributed by atoms with Crippen molar-refractivity contribution in [2.24, 2.45) is 4.99 Å². The molecule has 5 nitrogen and oxygen atoms in total. The maximum atomic E-state index is 8.95. The highest BCUT2D eigenvalue weighted by Crippen LogP contribution is 2.21. The molecule has 0 bridgehead atoms. The van der Waals surface area contributed by atoms with Crippen LogP contribution in [0.1, 0.15) is 32.1 Å². The summed E-state index contributed by atoms with van der Waals surface area (Å²) in [5, 5.41) is 8.95. The molecule has 0 atom stereocenters. The predicted octanol–water partition coefficient (Wildman–Crippen LogP) is 2.85. The predicted molar refractivity (Wildman–Crippen MR) is 90.1 cm³/mol. The molecule has 1 aromatic carbocycles. The first-order valence-electron chi connectivity index (χ1n) is 8.55. The average molecular weight is 312 g/mol. The maximum absolute atomic E-state index is 8.95. The standard InChI is InChI=1S/C18H24N4O/c19-15-20-18(23-17-7-3-1-4-8-17)22-13-9-16(10-14-22)21-11-5-2-6-12-21/h1,3-4,7-8,16H,2,5-6,9-14H2/b20-18-. The van der Waals surface area contributed by atoms with E-state index in [-0.39, 0.29) is 0 Å². The molecule has 0 radical (unpaired) electrons. The first-order chi connectivity index (χ1) is 11.4. The van der Waals surface area contributed by atoms with Crippen molar-refractivity contribution in [2.45, 2.75) is 38.1 Å². The smallest absolute Gasteiger partial charge is 0.308 e. The number of aliphatic imine (C=N–C) groups is 1. The highest BCUT2D eigenvalue weighted by atomic mass is 16.5. The summed E-state index contributed by atoms with van der Waals surface area (Å²) in [5.41, 5.74) is 0. The maximum Gasteiger partial charge on any atom is 0.308 e. The minimum Gasteiger partial charge on any atom is -0.425 e. The highest BCUT2D eigenvalue weighted by Gasteiger charge is 2.27. The van der Waals surface area contributed by atoms with Crippen LogP contribution in [0.25, 0.3) is 0 Å². The Kier molecular flexibility index (Phi) is 5.49. The number of hydrogen-bond acceptors (Lipinski definition) is 4. The normalized spacial score (nSPS) is 21.0. The minimum absolute atomic E-state index is 0.427. The van der Waals surface area contributed by atoms with Crippen LogP contribution in [0.3, 0.4) is 0 Å². The van der Waals surface area contributed by atoms with E-state index in [4.69, 9.17) is 10.00 Å². The fraction of sp³-hybridized carbons (Fsp3) is 0.556. The molecule has 2 saturated heterocycles. The minimum atomic E-state index is 0.427. The molecule has 2 aliphatic rings. The molecular formula is C18H24N4O. The number of ether oxygens (including phenoxy) is 1. The summed E-state index contributed by atoms with van der Waals surface area (Å²) in [4.78, 5) is 8.63. The lowest BCUT2D eigenvalue weighted by Gasteiger charge is -2.40. The van der Waals surface area contributed by atoms with Gasteiger partial charge in [0.1, 0.15) is 5.75 Å². The topological polar surface area (TPSA) is 51.9 Å². The lowest BCUT2D eigenvalue weighted by molar-refractivity contribution is 0.110.